The molecule has 0 fully saturated rings. The van der Waals surface area contributed by atoms with Crippen LogP contribution < -0.4 is 9.62 Å². The van der Waals surface area contributed by atoms with E-state index in [1.165, 1.54) is 25.1 Å². The van der Waals surface area contributed by atoms with E-state index in [9.17, 15) is 23.3 Å². The number of anilines is 1. The monoisotopic (exact) mass is 439 g/mol. The first-order valence-corrected chi connectivity index (χ1v) is 11.1. The van der Waals surface area contributed by atoms with E-state index in [2.05, 4.69) is 5.32 Å². The number of rotatable bonds is 9. The van der Waals surface area contributed by atoms with Gasteiger partial charge in [-0.25, -0.2) is 8.42 Å². The lowest BCUT2D eigenvalue weighted by atomic mass is 10.1. The summed E-state index contributed by atoms with van der Waals surface area (Å²) in [6.45, 7) is 1.77. The topological polar surface area (TPSA) is 110 Å². The third kappa shape index (κ3) is 6.16. The van der Waals surface area contributed by atoms with Crippen LogP contribution in [-0.4, -0.2) is 38.1 Å². The van der Waals surface area contributed by atoms with E-state index in [0.29, 0.717) is 24.4 Å². The van der Waals surface area contributed by atoms with Crippen molar-refractivity contribution in [2.24, 2.45) is 0 Å². The molecule has 0 heterocycles. The molecule has 0 aliphatic heterocycles. The van der Waals surface area contributed by atoms with Crippen molar-refractivity contribution in [1.29, 1.82) is 0 Å². The molecule has 0 radical (unpaired) electrons. The molecule has 2 rings (SSSR count). The van der Waals surface area contributed by atoms with E-state index in [0.717, 1.165) is 22.2 Å². The Hall–Kier alpha value is -2.65. The number of carbonyl (C=O) groups is 1. The second-order valence-corrected chi connectivity index (χ2v) is 8.76. The summed E-state index contributed by atoms with van der Waals surface area (Å²) in [5, 5.41) is 14.4. The van der Waals surface area contributed by atoms with Gasteiger partial charge in [0.2, 0.25) is 15.9 Å². The van der Waals surface area contributed by atoms with Crippen LogP contribution in [0.5, 0.6) is 0 Å². The largest absolute Gasteiger partial charge is 0.354 e. The fraction of sp³-hybridized carbons (Fsp3) is 0.316. The summed E-state index contributed by atoms with van der Waals surface area (Å²) in [5.41, 5.74) is 0.759. The number of nitrogens with one attached hydrogen (secondary N) is 1. The van der Waals surface area contributed by atoms with Crippen LogP contribution in [0, 0.1) is 10.1 Å². The Morgan fingerprint density at radius 3 is 2.55 bits per heavy atom. The number of nitro benzene ring substituents is 1. The first-order chi connectivity index (χ1) is 13.6. The zero-order chi connectivity index (χ0) is 21.6. The van der Waals surface area contributed by atoms with Crippen LogP contribution in [0.2, 0.25) is 5.02 Å². The maximum Gasteiger partial charge on any atom is 0.271 e. The van der Waals surface area contributed by atoms with Crippen molar-refractivity contribution >= 4 is 38.9 Å². The summed E-state index contributed by atoms with van der Waals surface area (Å²) in [4.78, 5) is 22.9. The summed E-state index contributed by atoms with van der Waals surface area (Å²) in [7, 11) is -3.85. The number of carbonyl (C=O) groups excluding carboxylic acids is 1. The van der Waals surface area contributed by atoms with E-state index < -0.39 is 26.9 Å². The van der Waals surface area contributed by atoms with Crippen molar-refractivity contribution in [2.75, 3.05) is 17.1 Å². The minimum absolute atomic E-state index is 0.0559. The second-order valence-electron chi connectivity index (χ2n) is 6.50. The molecule has 0 aliphatic rings. The van der Waals surface area contributed by atoms with Gasteiger partial charge in [-0.15, -0.1) is 0 Å². The Morgan fingerprint density at radius 2 is 1.93 bits per heavy atom. The minimum Gasteiger partial charge on any atom is -0.354 e. The lowest BCUT2D eigenvalue weighted by Gasteiger charge is -2.28. The van der Waals surface area contributed by atoms with Crippen LogP contribution in [0.15, 0.2) is 48.5 Å². The Bertz CT molecular complexity index is 997. The SMILES string of the molecule is C[C@H](C(=O)NCCCc1ccccc1Cl)N(c1cccc([N+](=O)[O-])c1)S(C)(=O)=O. The normalized spacial score (nSPS) is 12.2. The van der Waals surface area contributed by atoms with Gasteiger partial charge in [0.25, 0.3) is 5.69 Å². The number of amides is 1. The number of sulfonamides is 1. The van der Waals surface area contributed by atoms with Gasteiger partial charge in [0.05, 0.1) is 16.9 Å². The zero-order valence-electron chi connectivity index (χ0n) is 16.0. The molecule has 1 amide bonds. The molecule has 8 nitrogen and oxygen atoms in total. The van der Waals surface area contributed by atoms with E-state index in [1.807, 2.05) is 18.2 Å². The number of halogens is 1. The van der Waals surface area contributed by atoms with Crippen molar-refractivity contribution in [3.8, 4) is 0 Å². The van der Waals surface area contributed by atoms with Gasteiger partial charge in [0.1, 0.15) is 6.04 Å². The maximum atomic E-state index is 12.5. The molecule has 2 aromatic carbocycles. The molecule has 0 aromatic heterocycles. The van der Waals surface area contributed by atoms with Crippen LogP contribution in [0.4, 0.5) is 11.4 Å². The lowest BCUT2D eigenvalue weighted by molar-refractivity contribution is -0.384. The smallest absolute Gasteiger partial charge is 0.271 e. The van der Waals surface area contributed by atoms with Crippen molar-refractivity contribution in [1.82, 2.24) is 5.32 Å². The summed E-state index contributed by atoms with van der Waals surface area (Å²) in [6.07, 6.45) is 2.24. The summed E-state index contributed by atoms with van der Waals surface area (Å²) >= 11 is 6.10. The van der Waals surface area contributed by atoms with Gasteiger partial charge >= 0.3 is 0 Å². The molecule has 1 atom stereocenters. The molecule has 0 saturated carbocycles. The molecule has 1 N–H and O–H groups in total. The Kier molecular flexibility index (Phi) is 7.58. The van der Waals surface area contributed by atoms with Gasteiger partial charge in [-0.1, -0.05) is 35.9 Å². The number of hydrogen-bond acceptors (Lipinski definition) is 5. The van der Waals surface area contributed by atoms with Gasteiger partial charge in [-0.05, 0) is 37.5 Å². The molecule has 0 unspecified atom stereocenters. The highest BCUT2D eigenvalue weighted by molar-refractivity contribution is 7.92. The van der Waals surface area contributed by atoms with Crippen LogP contribution >= 0.6 is 11.6 Å². The average molecular weight is 440 g/mol. The Balaban J connectivity index is 2.06. The van der Waals surface area contributed by atoms with E-state index in [-0.39, 0.29) is 11.4 Å². The number of aryl methyl sites for hydroxylation is 1. The predicted molar refractivity (Wildman–Crippen MR) is 113 cm³/mol. The maximum absolute atomic E-state index is 12.5. The number of nitro groups is 1. The van der Waals surface area contributed by atoms with Crippen LogP contribution in [-0.2, 0) is 21.2 Å². The highest BCUT2D eigenvalue weighted by atomic mass is 35.5. The minimum atomic E-state index is -3.85. The fourth-order valence-electron chi connectivity index (χ4n) is 2.89. The van der Waals surface area contributed by atoms with Gasteiger partial charge in [-0.3, -0.25) is 19.2 Å². The van der Waals surface area contributed by atoms with Gasteiger partial charge in [0, 0.05) is 23.7 Å². The average Bonchev–Trinajstić information content (AvgIpc) is 2.65. The number of hydrogen-bond donors (Lipinski definition) is 1. The number of non-ortho nitro benzene ring substituents is 1. The molecule has 0 spiro atoms. The third-order valence-corrected chi connectivity index (χ3v) is 5.87. The standard InChI is InChI=1S/C19H22ClN3O5S/c1-14(19(24)21-12-6-8-15-7-3-4-11-18(15)20)22(29(2,27)28)16-9-5-10-17(13-16)23(25)26/h3-5,7,9-11,13-14H,6,8,12H2,1-2H3,(H,21,24)/t14-/m1/s1. The molecular weight excluding hydrogens is 418 g/mol. The van der Waals surface area contributed by atoms with Crippen molar-refractivity contribution in [3.63, 3.8) is 0 Å². The van der Waals surface area contributed by atoms with Crippen LogP contribution in [0.25, 0.3) is 0 Å². The number of benzene rings is 2. The Labute approximate surface area is 174 Å². The molecular formula is C19H22ClN3O5S. The van der Waals surface area contributed by atoms with Crippen molar-refractivity contribution in [3.05, 3.63) is 69.2 Å². The van der Waals surface area contributed by atoms with E-state index in [4.69, 9.17) is 11.6 Å². The molecule has 0 aliphatic carbocycles. The molecule has 0 bridgehead atoms. The first-order valence-electron chi connectivity index (χ1n) is 8.86. The van der Waals surface area contributed by atoms with Crippen molar-refractivity contribution in [2.45, 2.75) is 25.8 Å². The highest BCUT2D eigenvalue weighted by Gasteiger charge is 2.29. The van der Waals surface area contributed by atoms with Crippen molar-refractivity contribution < 1.29 is 18.1 Å². The van der Waals surface area contributed by atoms with E-state index >= 15 is 0 Å². The number of nitrogens with zero attached hydrogens (tertiary/aromatic N) is 2. The molecule has 156 valence electrons. The lowest BCUT2D eigenvalue weighted by Crippen LogP contribution is -2.48. The summed E-state index contributed by atoms with van der Waals surface area (Å²) in [6, 6.07) is 11.5. The zero-order valence-corrected chi connectivity index (χ0v) is 17.6. The quantitative estimate of drug-likeness (QED) is 0.366. The van der Waals surface area contributed by atoms with Gasteiger partial charge in [0.15, 0.2) is 0 Å². The summed E-state index contributed by atoms with van der Waals surface area (Å²) in [5.74, 6) is -0.499. The molecule has 10 heteroatoms. The fourth-order valence-corrected chi connectivity index (χ4v) is 4.29. The first kappa shape index (κ1) is 22.6. The van der Waals surface area contributed by atoms with Crippen LogP contribution in [0.3, 0.4) is 0 Å². The molecule has 2 aromatic rings. The second kappa shape index (κ2) is 9.71. The molecule has 0 saturated heterocycles. The third-order valence-electron chi connectivity index (χ3n) is 4.26. The highest BCUT2D eigenvalue weighted by Crippen LogP contribution is 2.25. The Morgan fingerprint density at radius 1 is 1.24 bits per heavy atom. The molecule has 29 heavy (non-hydrogen) atoms. The van der Waals surface area contributed by atoms with Gasteiger partial charge in [-0.2, -0.15) is 0 Å². The summed E-state index contributed by atoms with van der Waals surface area (Å²) < 4.78 is 25.4. The predicted octanol–water partition coefficient (Wildman–Crippen LogP) is 3.15. The van der Waals surface area contributed by atoms with E-state index in [1.54, 1.807) is 6.07 Å². The van der Waals surface area contributed by atoms with Crippen LogP contribution in [0.1, 0.15) is 18.9 Å². The van der Waals surface area contributed by atoms with Gasteiger partial charge < -0.3 is 5.32 Å².